The molecule has 0 spiro atoms. The molecule has 9 heteroatoms. The second-order valence-corrected chi connectivity index (χ2v) is 6.54. The molecule has 0 aliphatic heterocycles. The van der Waals surface area contributed by atoms with Gasteiger partial charge in [0.2, 0.25) is 0 Å². The number of anilines is 2. The van der Waals surface area contributed by atoms with Gasteiger partial charge in [0.1, 0.15) is 12.4 Å². The summed E-state index contributed by atoms with van der Waals surface area (Å²) in [6.07, 6.45) is 0.565. The fourth-order valence-electron chi connectivity index (χ4n) is 2.49. The molecule has 0 aliphatic carbocycles. The van der Waals surface area contributed by atoms with Gasteiger partial charge in [0.25, 0.3) is 5.91 Å². The van der Waals surface area contributed by atoms with E-state index < -0.39 is 18.0 Å². The van der Waals surface area contributed by atoms with E-state index in [-0.39, 0.29) is 34.3 Å². The van der Waals surface area contributed by atoms with E-state index in [1.54, 1.807) is 0 Å². The highest BCUT2D eigenvalue weighted by atomic mass is 35.5. The molecule has 3 rings (SSSR count). The third-order valence-electron chi connectivity index (χ3n) is 3.87. The highest BCUT2D eigenvalue weighted by Crippen LogP contribution is 2.20. The highest BCUT2D eigenvalue weighted by Gasteiger charge is 2.13. The summed E-state index contributed by atoms with van der Waals surface area (Å²) in [7, 11) is 0. The van der Waals surface area contributed by atoms with Gasteiger partial charge in [-0.25, -0.2) is 14.6 Å². The summed E-state index contributed by atoms with van der Waals surface area (Å²) in [4.78, 5) is 39.5. The Balaban J connectivity index is 1.66. The maximum Gasteiger partial charge on any atom is 0.411 e. The van der Waals surface area contributed by atoms with Gasteiger partial charge in [-0.3, -0.25) is 10.1 Å². The van der Waals surface area contributed by atoms with E-state index in [9.17, 15) is 14.4 Å². The lowest BCUT2D eigenvalue weighted by molar-refractivity contribution is 0.0696. The summed E-state index contributed by atoms with van der Waals surface area (Å²) in [5, 5.41) is 14.2. The number of hydrogen-bond acceptors (Lipinski definition) is 5. The van der Waals surface area contributed by atoms with E-state index in [0.717, 1.165) is 5.56 Å². The maximum atomic E-state index is 12.5. The third-order valence-corrected chi connectivity index (χ3v) is 4.09. The van der Waals surface area contributed by atoms with Gasteiger partial charge in [-0.2, -0.15) is 0 Å². The van der Waals surface area contributed by atoms with Crippen LogP contribution in [0.1, 0.15) is 26.3 Å². The van der Waals surface area contributed by atoms with E-state index in [0.29, 0.717) is 0 Å². The number of hydrogen-bond donors (Lipinski definition) is 3. The van der Waals surface area contributed by atoms with Crippen LogP contribution in [0.3, 0.4) is 0 Å². The zero-order valence-electron chi connectivity index (χ0n) is 15.5. The number of aromatic nitrogens is 1. The molecule has 0 radical (unpaired) electrons. The number of nitrogens with one attached hydrogen (secondary N) is 2. The summed E-state index contributed by atoms with van der Waals surface area (Å²) >= 11 is 6.05. The van der Waals surface area contributed by atoms with Crippen LogP contribution in [-0.4, -0.2) is 28.1 Å². The van der Waals surface area contributed by atoms with Gasteiger partial charge in [-0.15, -0.1) is 0 Å². The molecular formula is C21H16ClN3O5. The molecule has 152 valence electrons. The molecule has 0 saturated heterocycles. The van der Waals surface area contributed by atoms with Crippen molar-refractivity contribution in [2.75, 3.05) is 10.6 Å². The molecule has 8 nitrogen and oxygen atoms in total. The molecule has 3 N–H and O–H groups in total. The normalized spacial score (nSPS) is 10.2. The first-order valence-electron chi connectivity index (χ1n) is 8.70. The fourth-order valence-corrected chi connectivity index (χ4v) is 2.73. The summed E-state index contributed by atoms with van der Waals surface area (Å²) in [5.74, 6) is -1.65. The molecule has 0 atom stereocenters. The Morgan fingerprint density at radius 1 is 0.967 bits per heavy atom. The fraction of sp³-hybridized carbons (Fsp3) is 0.0476. The van der Waals surface area contributed by atoms with Crippen LogP contribution in [0.25, 0.3) is 0 Å². The van der Waals surface area contributed by atoms with Gasteiger partial charge in [0, 0.05) is 22.5 Å². The van der Waals surface area contributed by atoms with E-state index in [4.69, 9.17) is 21.4 Å². The summed E-state index contributed by atoms with van der Waals surface area (Å²) in [6, 6.07) is 16.0. The van der Waals surface area contributed by atoms with Gasteiger partial charge in [0.05, 0.1) is 5.56 Å². The number of halogens is 1. The topological polar surface area (TPSA) is 118 Å². The van der Waals surface area contributed by atoms with Gasteiger partial charge < -0.3 is 15.2 Å². The number of carbonyl (C=O) groups excluding carboxylic acids is 2. The number of carboxylic acid groups (broad SMARTS) is 1. The molecule has 0 unspecified atom stereocenters. The Labute approximate surface area is 176 Å². The van der Waals surface area contributed by atoms with Crippen LogP contribution >= 0.6 is 11.6 Å². The van der Waals surface area contributed by atoms with Gasteiger partial charge >= 0.3 is 12.1 Å². The number of aromatic carboxylic acids is 1. The summed E-state index contributed by atoms with van der Waals surface area (Å²) in [6.45, 7) is 0.0895. The number of amides is 2. The number of benzene rings is 2. The second-order valence-electron chi connectivity index (χ2n) is 6.10. The van der Waals surface area contributed by atoms with E-state index >= 15 is 0 Å². The lowest BCUT2D eigenvalue weighted by Gasteiger charge is -2.10. The van der Waals surface area contributed by atoms with Crippen molar-refractivity contribution in [1.82, 2.24) is 4.98 Å². The number of nitrogens with zero attached hydrogens (tertiary/aromatic N) is 1. The first-order chi connectivity index (χ1) is 14.4. The lowest BCUT2D eigenvalue weighted by atomic mass is 10.2. The second kappa shape index (κ2) is 9.53. The molecule has 0 aliphatic rings. The minimum absolute atomic E-state index is 0.0186. The Hall–Kier alpha value is -3.91. The number of rotatable bonds is 6. The van der Waals surface area contributed by atoms with Crippen molar-refractivity contribution in [2.45, 2.75) is 6.61 Å². The van der Waals surface area contributed by atoms with Crippen LogP contribution in [0, 0.1) is 0 Å². The smallest absolute Gasteiger partial charge is 0.411 e. The minimum Gasteiger partial charge on any atom is -0.478 e. The maximum absolute atomic E-state index is 12.5. The number of carbonyl (C=O) groups is 3. The molecule has 2 amide bonds. The predicted molar refractivity (Wildman–Crippen MR) is 111 cm³/mol. The van der Waals surface area contributed by atoms with Crippen molar-refractivity contribution < 1.29 is 24.2 Å². The Morgan fingerprint density at radius 3 is 2.47 bits per heavy atom. The Morgan fingerprint density at radius 2 is 1.73 bits per heavy atom. The van der Waals surface area contributed by atoms with Gasteiger partial charge in [0.15, 0.2) is 0 Å². The molecule has 3 aromatic rings. The average molecular weight is 426 g/mol. The van der Waals surface area contributed by atoms with Crippen molar-refractivity contribution in [3.63, 3.8) is 0 Å². The molecule has 1 aromatic heterocycles. The molecular weight excluding hydrogens is 410 g/mol. The molecule has 2 aromatic carbocycles. The van der Waals surface area contributed by atoms with Crippen LogP contribution in [0.2, 0.25) is 5.02 Å². The van der Waals surface area contributed by atoms with Crippen LogP contribution in [-0.2, 0) is 11.3 Å². The first-order valence-corrected chi connectivity index (χ1v) is 9.07. The SMILES string of the molecule is O=C(Nc1cc(Cl)cc(C(=O)Nc2cc(C(=O)O)ccn2)c1)OCc1ccccc1. The highest BCUT2D eigenvalue weighted by molar-refractivity contribution is 6.31. The standard InChI is InChI=1S/C21H16ClN3O5/c22-16-8-15(19(26)25-18-10-14(20(27)28)6-7-23-18)9-17(11-16)24-21(29)30-12-13-4-2-1-3-5-13/h1-11H,12H2,(H,24,29)(H,27,28)(H,23,25,26). The predicted octanol–water partition coefficient (Wildman–Crippen LogP) is 4.43. The average Bonchev–Trinajstić information content (AvgIpc) is 2.72. The van der Waals surface area contributed by atoms with E-state index in [1.807, 2.05) is 30.3 Å². The molecule has 30 heavy (non-hydrogen) atoms. The van der Waals surface area contributed by atoms with Crippen LogP contribution < -0.4 is 10.6 Å². The van der Waals surface area contributed by atoms with Crippen molar-refractivity contribution >= 4 is 41.1 Å². The van der Waals surface area contributed by atoms with Crippen molar-refractivity contribution in [3.05, 3.63) is 88.6 Å². The first kappa shape index (κ1) is 20.8. The Kier molecular flexibility index (Phi) is 6.61. The number of pyridine rings is 1. The third kappa shape index (κ3) is 5.79. The van der Waals surface area contributed by atoms with Crippen LogP contribution in [0.15, 0.2) is 66.9 Å². The van der Waals surface area contributed by atoms with E-state index in [1.165, 1.54) is 36.5 Å². The van der Waals surface area contributed by atoms with Crippen molar-refractivity contribution in [1.29, 1.82) is 0 Å². The molecule has 0 fully saturated rings. The van der Waals surface area contributed by atoms with Crippen LogP contribution in [0.5, 0.6) is 0 Å². The Bertz CT molecular complexity index is 1090. The van der Waals surface area contributed by atoms with Gasteiger partial charge in [-0.1, -0.05) is 41.9 Å². The van der Waals surface area contributed by atoms with Crippen molar-refractivity contribution in [2.24, 2.45) is 0 Å². The minimum atomic E-state index is -1.14. The van der Waals surface area contributed by atoms with Gasteiger partial charge in [-0.05, 0) is 35.9 Å². The van der Waals surface area contributed by atoms with Crippen molar-refractivity contribution in [3.8, 4) is 0 Å². The number of carboxylic acids is 1. The molecule has 1 heterocycles. The van der Waals surface area contributed by atoms with Crippen LogP contribution in [0.4, 0.5) is 16.3 Å². The molecule has 0 bridgehead atoms. The summed E-state index contributed by atoms with van der Waals surface area (Å²) in [5.41, 5.74) is 1.21. The quantitative estimate of drug-likeness (QED) is 0.537. The molecule has 0 saturated carbocycles. The number of ether oxygens (including phenoxy) is 1. The largest absolute Gasteiger partial charge is 0.478 e. The zero-order chi connectivity index (χ0) is 21.5. The summed E-state index contributed by atoms with van der Waals surface area (Å²) < 4.78 is 5.14. The monoisotopic (exact) mass is 425 g/mol. The lowest BCUT2D eigenvalue weighted by Crippen LogP contribution is -2.16. The zero-order valence-corrected chi connectivity index (χ0v) is 16.2. The van der Waals surface area contributed by atoms with E-state index in [2.05, 4.69) is 15.6 Å².